The van der Waals surface area contributed by atoms with Gasteiger partial charge in [0.05, 0.1) is 16.7 Å². The number of nitrogens with one attached hydrogen (secondary N) is 2. The Morgan fingerprint density at radius 2 is 1.86 bits per heavy atom. The van der Waals surface area contributed by atoms with Crippen LogP contribution in [0.15, 0.2) is 60.9 Å². The van der Waals surface area contributed by atoms with Gasteiger partial charge in [-0.1, -0.05) is 24.3 Å². The summed E-state index contributed by atoms with van der Waals surface area (Å²) in [5, 5.41) is 6.74. The lowest BCUT2D eigenvalue weighted by atomic mass is 10.2. The van der Waals surface area contributed by atoms with Crippen LogP contribution in [0.1, 0.15) is 33.9 Å². The molecule has 3 heterocycles. The van der Waals surface area contributed by atoms with Gasteiger partial charge in [-0.2, -0.15) is 0 Å². The van der Waals surface area contributed by atoms with E-state index >= 15 is 0 Å². The van der Waals surface area contributed by atoms with Gasteiger partial charge in [0, 0.05) is 23.8 Å². The van der Waals surface area contributed by atoms with Gasteiger partial charge in [-0.05, 0) is 37.1 Å². The highest BCUT2D eigenvalue weighted by molar-refractivity contribution is 6.09. The zero-order valence-electron chi connectivity index (χ0n) is 14.9. The van der Waals surface area contributed by atoms with E-state index in [1.807, 2.05) is 30.3 Å². The van der Waals surface area contributed by atoms with Crippen molar-refractivity contribution in [3.63, 3.8) is 0 Å². The van der Waals surface area contributed by atoms with E-state index in [-0.39, 0.29) is 23.5 Å². The fourth-order valence-corrected chi connectivity index (χ4v) is 3.23. The lowest BCUT2D eigenvalue weighted by Crippen LogP contribution is -2.26. The lowest BCUT2D eigenvalue weighted by Gasteiger charge is -2.07. The summed E-state index contributed by atoms with van der Waals surface area (Å²) in [4.78, 5) is 34.3. The summed E-state index contributed by atoms with van der Waals surface area (Å²) in [5.74, 6) is -0.494. The average Bonchev–Trinajstić information content (AvgIpc) is 3.44. The first-order valence-corrected chi connectivity index (χ1v) is 9.14. The van der Waals surface area contributed by atoms with E-state index in [9.17, 15) is 9.59 Å². The van der Waals surface area contributed by atoms with Crippen molar-refractivity contribution in [3.8, 4) is 0 Å². The molecule has 0 radical (unpaired) electrons. The van der Waals surface area contributed by atoms with Gasteiger partial charge in [0.25, 0.3) is 11.8 Å². The topological polar surface area (TPSA) is 88.4 Å². The number of rotatable bonds is 4. The molecule has 1 aliphatic rings. The molecule has 0 spiro atoms. The largest absolute Gasteiger partial charge is 0.348 e. The predicted octanol–water partition coefficient (Wildman–Crippen LogP) is 3.03. The van der Waals surface area contributed by atoms with Gasteiger partial charge < -0.3 is 10.6 Å². The van der Waals surface area contributed by atoms with E-state index in [0.717, 1.165) is 18.2 Å². The Balaban J connectivity index is 1.53. The van der Waals surface area contributed by atoms with Crippen LogP contribution >= 0.6 is 0 Å². The van der Waals surface area contributed by atoms with Crippen LogP contribution in [0.2, 0.25) is 0 Å². The number of hydrogen-bond donors (Lipinski definition) is 2. The first kappa shape index (κ1) is 16.4. The molecule has 1 saturated carbocycles. The number of benzene rings is 1. The van der Waals surface area contributed by atoms with Crippen LogP contribution in [0, 0.1) is 0 Å². The molecule has 7 heteroatoms. The highest BCUT2D eigenvalue weighted by atomic mass is 16.2. The molecule has 0 atom stereocenters. The van der Waals surface area contributed by atoms with Crippen molar-refractivity contribution in [2.45, 2.75) is 18.9 Å². The zero-order valence-corrected chi connectivity index (χ0v) is 14.9. The van der Waals surface area contributed by atoms with Crippen LogP contribution in [0.4, 0.5) is 5.69 Å². The van der Waals surface area contributed by atoms with E-state index in [1.54, 1.807) is 35.0 Å². The molecule has 3 aromatic heterocycles. The highest BCUT2D eigenvalue weighted by Crippen LogP contribution is 2.23. The predicted molar refractivity (Wildman–Crippen MR) is 105 cm³/mol. The van der Waals surface area contributed by atoms with Gasteiger partial charge in [-0.25, -0.2) is 4.98 Å². The Hall–Kier alpha value is -3.74. The number of anilines is 1. The second-order valence-electron chi connectivity index (χ2n) is 6.82. The van der Waals surface area contributed by atoms with Crippen LogP contribution in [0.25, 0.3) is 16.4 Å². The fourth-order valence-electron chi connectivity index (χ4n) is 3.23. The number of hydrogen-bond acceptors (Lipinski definition) is 4. The quantitative estimate of drug-likeness (QED) is 0.577. The molecule has 7 nitrogen and oxygen atoms in total. The number of pyridine rings is 2. The molecular formula is C21H17N5O2. The van der Waals surface area contributed by atoms with E-state index < -0.39 is 5.91 Å². The molecule has 1 fully saturated rings. The van der Waals surface area contributed by atoms with E-state index in [2.05, 4.69) is 20.6 Å². The van der Waals surface area contributed by atoms with Crippen LogP contribution in [0.3, 0.4) is 0 Å². The Morgan fingerprint density at radius 3 is 2.71 bits per heavy atom. The van der Waals surface area contributed by atoms with Crippen molar-refractivity contribution in [2.24, 2.45) is 0 Å². The molecule has 28 heavy (non-hydrogen) atoms. The normalized spacial score (nSPS) is 13.6. The summed E-state index contributed by atoms with van der Waals surface area (Å²) < 4.78 is 1.63. The molecule has 1 aromatic carbocycles. The molecular weight excluding hydrogens is 354 g/mol. The molecule has 1 aliphatic carbocycles. The van der Waals surface area contributed by atoms with Crippen molar-refractivity contribution in [3.05, 3.63) is 72.4 Å². The number of nitrogens with zero attached hydrogens (tertiary/aromatic N) is 3. The van der Waals surface area contributed by atoms with Crippen molar-refractivity contribution >= 4 is 33.9 Å². The second-order valence-corrected chi connectivity index (χ2v) is 6.82. The number of aromatic nitrogens is 3. The SMILES string of the molecule is O=C(NC1CC1)c1nc(C(=O)Nc2cccc3cccnc23)n2ccccc12. The lowest BCUT2D eigenvalue weighted by molar-refractivity contribution is 0.0948. The smallest absolute Gasteiger partial charge is 0.292 e. The molecule has 2 amide bonds. The van der Waals surface area contributed by atoms with Gasteiger partial charge in [0.1, 0.15) is 0 Å². The van der Waals surface area contributed by atoms with E-state index in [0.29, 0.717) is 16.7 Å². The maximum Gasteiger partial charge on any atom is 0.292 e. The third-order valence-corrected chi connectivity index (χ3v) is 4.76. The van der Waals surface area contributed by atoms with Gasteiger partial charge in [0.2, 0.25) is 5.82 Å². The van der Waals surface area contributed by atoms with E-state index in [4.69, 9.17) is 0 Å². The molecule has 0 bridgehead atoms. The third kappa shape index (κ3) is 2.87. The van der Waals surface area contributed by atoms with Crippen LogP contribution in [0.5, 0.6) is 0 Å². The molecule has 138 valence electrons. The molecule has 4 aromatic rings. The molecule has 5 rings (SSSR count). The van der Waals surface area contributed by atoms with Crippen molar-refractivity contribution in [1.29, 1.82) is 0 Å². The van der Waals surface area contributed by atoms with Crippen molar-refractivity contribution < 1.29 is 9.59 Å². The Morgan fingerprint density at radius 1 is 1.00 bits per heavy atom. The summed E-state index contributed by atoms with van der Waals surface area (Å²) in [6.07, 6.45) is 5.38. The second kappa shape index (κ2) is 6.45. The Kier molecular flexibility index (Phi) is 3.79. The van der Waals surface area contributed by atoms with Gasteiger partial charge in [-0.3, -0.25) is 19.0 Å². The number of imidazole rings is 1. The minimum absolute atomic E-state index is 0.157. The third-order valence-electron chi connectivity index (χ3n) is 4.76. The monoisotopic (exact) mass is 371 g/mol. The Bertz CT molecular complexity index is 1220. The molecule has 0 aliphatic heterocycles. The molecule has 0 saturated heterocycles. The summed E-state index contributed by atoms with van der Waals surface area (Å²) in [5.41, 5.74) is 2.15. The average molecular weight is 371 g/mol. The minimum Gasteiger partial charge on any atom is -0.348 e. The zero-order chi connectivity index (χ0) is 19.1. The van der Waals surface area contributed by atoms with Gasteiger partial charge >= 0.3 is 0 Å². The summed E-state index contributed by atoms with van der Waals surface area (Å²) >= 11 is 0. The fraction of sp³-hybridized carbons (Fsp3) is 0.143. The first-order chi connectivity index (χ1) is 13.7. The van der Waals surface area contributed by atoms with Crippen LogP contribution < -0.4 is 10.6 Å². The van der Waals surface area contributed by atoms with Crippen molar-refractivity contribution in [1.82, 2.24) is 19.7 Å². The number of fused-ring (bicyclic) bond motifs is 2. The van der Waals surface area contributed by atoms with Crippen molar-refractivity contribution in [2.75, 3.05) is 5.32 Å². The minimum atomic E-state index is -0.398. The van der Waals surface area contributed by atoms with E-state index in [1.165, 1.54) is 0 Å². The van der Waals surface area contributed by atoms with Crippen LogP contribution in [-0.2, 0) is 0 Å². The Labute approximate surface area is 160 Å². The molecule has 2 N–H and O–H groups in total. The van der Waals surface area contributed by atoms with Gasteiger partial charge in [0.15, 0.2) is 5.69 Å². The first-order valence-electron chi connectivity index (χ1n) is 9.14. The summed E-state index contributed by atoms with van der Waals surface area (Å²) in [6.45, 7) is 0. The maximum absolute atomic E-state index is 13.0. The highest BCUT2D eigenvalue weighted by Gasteiger charge is 2.27. The number of carbonyl (C=O) groups is 2. The van der Waals surface area contributed by atoms with Gasteiger partial charge in [-0.15, -0.1) is 0 Å². The number of carbonyl (C=O) groups excluding carboxylic acids is 2. The maximum atomic E-state index is 13.0. The number of amides is 2. The standard InChI is InChI=1S/C21H17N5O2/c27-20(23-14-9-10-14)18-16-8-1-2-12-26(16)19(25-18)21(28)24-15-7-3-5-13-6-4-11-22-17(13)15/h1-8,11-12,14H,9-10H2,(H,23,27)(H,24,28). The number of para-hydroxylation sites is 1. The van der Waals surface area contributed by atoms with Crippen LogP contribution in [-0.4, -0.2) is 32.2 Å². The summed E-state index contributed by atoms with van der Waals surface area (Å²) in [6, 6.07) is 15.0. The summed E-state index contributed by atoms with van der Waals surface area (Å²) in [7, 11) is 0. The molecule has 0 unspecified atom stereocenters.